The van der Waals surface area contributed by atoms with Crippen LogP contribution in [-0.2, 0) is 15.8 Å². The van der Waals surface area contributed by atoms with E-state index < -0.39 is 28.6 Å². The molecule has 0 saturated heterocycles. The third-order valence-corrected chi connectivity index (χ3v) is 5.20. The molecular weight excluding hydrogens is 457 g/mol. The number of aromatic nitrogens is 1. The first kappa shape index (κ1) is 24.1. The molecule has 3 aromatic rings. The second-order valence-corrected chi connectivity index (χ2v) is 7.75. The molecule has 33 heavy (non-hydrogen) atoms. The Labute approximate surface area is 193 Å². The Hall–Kier alpha value is -3.59. The van der Waals surface area contributed by atoms with E-state index in [-0.39, 0.29) is 5.69 Å². The molecule has 0 fully saturated rings. The SMILES string of the molecule is Cc1ccc(-n2c(C)cc(/C=N\NC(=O)C(=O)Nc3ccc(Cl)c(C(F)(F)F)c3)c2C)cc1. The Bertz CT molecular complexity index is 1230. The lowest BCUT2D eigenvalue weighted by Gasteiger charge is -2.11. The Morgan fingerprint density at radius 2 is 1.67 bits per heavy atom. The van der Waals surface area contributed by atoms with E-state index in [9.17, 15) is 22.8 Å². The number of amides is 2. The van der Waals surface area contributed by atoms with Crippen LogP contribution in [0.4, 0.5) is 18.9 Å². The fourth-order valence-electron chi connectivity index (χ4n) is 3.23. The van der Waals surface area contributed by atoms with Crippen molar-refractivity contribution in [1.82, 2.24) is 9.99 Å². The van der Waals surface area contributed by atoms with Gasteiger partial charge >= 0.3 is 18.0 Å². The van der Waals surface area contributed by atoms with Crippen molar-refractivity contribution < 1.29 is 22.8 Å². The summed E-state index contributed by atoms with van der Waals surface area (Å²) in [6, 6.07) is 12.6. The van der Waals surface area contributed by atoms with Crippen molar-refractivity contribution >= 4 is 35.3 Å². The van der Waals surface area contributed by atoms with E-state index in [2.05, 4.69) is 15.8 Å². The molecule has 3 rings (SSSR count). The van der Waals surface area contributed by atoms with Crippen molar-refractivity contribution in [2.75, 3.05) is 5.32 Å². The van der Waals surface area contributed by atoms with Crippen LogP contribution in [0.25, 0.3) is 5.69 Å². The highest BCUT2D eigenvalue weighted by atomic mass is 35.5. The van der Waals surface area contributed by atoms with Crippen molar-refractivity contribution in [3.63, 3.8) is 0 Å². The lowest BCUT2D eigenvalue weighted by Crippen LogP contribution is -2.32. The zero-order chi connectivity index (χ0) is 24.3. The summed E-state index contributed by atoms with van der Waals surface area (Å²) in [5, 5.41) is 5.38. The molecule has 0 bridgehead atoms. The van der Waals surface area contributed by atoms with Crippen LogP contribution in [0.15, 0.2) is 53.6 Å². The minimum Gasteiger partial charge on any atom is -0.318 e. The summed E-state index contributed by atoms with van der Waals surface area (Å²) in [5.41, 5.74) is 5.38. The van der Waals surface area contributed by atoms with E-state index in [4.69, 9.17) is 11.6 Å². The number of benzene rings is 2. The highest BCUT2D eigenvalue weighted by molar-refractivity contribution is 6.39. The number of carbonyl (C=O) groups excluding carboxylic acids is 2. The van der Waals surface area contributed by atoms with Crippen molar-refractivity contribution in [3.8, 4) is 5.69 Å². The molecule has 172 valence electrons. The predicted molar refractivity (Wildman–Crippen MR) is 121 cm³/mol. The van der Waals surface area contributed by atoms with Crippen LogP contribution in [0.1, 0.15) is 28.1 Å². The molecule has 2 N–H and O–H groups in total. The zero-order valence-corrected chi connectivity index (χ0v) is 18.7. The Kier molecular flexibility index (Phi) is 6.92. The van der Waals surface area contributed by atoms with Crippen LogP contribution in [0.3, 0.4) is 0 Å². The number of hydrazone groups is 1. The quantitative estimate of drug-likeness (QED) is 0.310. The molecule has 10 heteroatoms. The minimum absolute atomic E-state index is 0.225. The molecule has 0 saturated carbocycles. The minimum atomic E-state index is -4.70. The van der Waals surface area contributed by atoms with Gasteiger partial charge in [-0.05, 0) is 57.2 Å². The zero-order valence-electron chi connectivity index (χ0n) is 17.9. The van der Waals surface area contributed by atoms with Gasteiger partial charge in [-0.15, -0.1) is 0 Å². The van der Waals surface area contributed by atoms with E-state index in [0.717, 1.165) is 40.3 Å². The number of halogens is 4. The number of carbonyl (C=O) groups is 2. The van der Waals surface area contributed by atoms with Gasteiger partial charge in [0.1, 0.15) is 0 Å². The summed E-state index contributed by atoms with van der Waals surface area (Å²) in [6.45, 7) is 5.82. The van der Waals surface area contributed by atoms with E-state index in [0.29, 0.717) is 6.07 Å². The number of rotatable bonds is 4. The highest BCUT2D eigenvalue weighted by Gasteiger charge is 2.33. The van der Waals surface area contributed by atoms with Crippen LogP contribution < -0.4 is 10.7 Å². The second kappa shape index (κ2) is 9.50. The summed E-state index contributed by atoms with van der Waals surface area (Å²) in [6.07, 6.45) is -3.31. The van der Waals surface area contributed by atoms with Crippen LogP contribution in [0, 0.1) is 20.8 Å². The maximum Gasteiger partial charge on any atom is 0.417 e. The average Bonchev–Trinajstić information content (AvgIpc) is 3.02. The molecule has 0 aliphatic rings. The number of anilines is 1. The van der Waals surface area contributed by atoms with E-state index in [1.807, 2.05) is 55.7 Å². The number of aryl methyl sites for hydroxylation is 2. The third-order valence-electron chi connectivity index (χ3n) is 4.87. The summed E-state index contributed by atoms with van der Waals surface area (Å²) in [7, 11) is 0. The molecular formula is C23H20ClF3N4O2. The number of nitrogens with zero attached hydrogens (tertiary/aromatic N) is 2. The maximum atomic E-state index is 12.9. The van der Waals surface area contributed by atoms with Crippen molar-refractivity contribution in [3.05, 3.63) is 81.6 Å². The van der Waals surface area contributed by atoms with Gasteiger partial charge in [-0.1, -0.05) is 29.3 Å². The van der Waals surface area contributed by atoms with E-state index >= 15 is 0 Å². The molecule has 0 atom stereocenters. The van der Waals surface area contributed by atoms with Crippen molar-refractivity contribution in [2.45, 2.75) is 26.9 Å². The smallest absolute Gasteiger partial charge is 0.318 e. The molecule has 0 aliphatic heterocycles. The number of hydrogen-bond acceptors (Lipinski definition) is 3. The van der Waals surface area contributed by atoms with Crippen molar-refractivity contribution in [2.24, 2.45) is 5.10 Å². The molecule has 0 unspecified atom stereocenters. The molecule has 1 heterocycles. The summed E-state index contributed by atoms with van der Waals surface area (Å²) < 4.78 is 40.9. The van der Waals surface area contributed by atoms with Crippen LogP contribution in [0.2, 0.25) is 5.02 Å². The molecule has 1 aromatic heterocycles. The van der Waals surface area contributed by atoms with Crippen molar-refractivity contribution in [1.29, 1.82) is 0 Å². The van der Waals surface area contributed by atoms with Gasteiger partial charge in [0.15, 0.2) is 0 Å². The Morgan fingerprint density at radius 1 is 1.00 bits per heavy atom. The first-order valence-corrected chi connectivity index (χ1v) is 10.1. The Balaban J connectivity index is 1.68. The monoisotopic (exact) mass is 476 g/mol. The normalized spacial score (nSPS) is 11.6. The molecule has 6 nitrogen and oxygen atoms in total. The number of hydrogen-bond donors (Lipinski definition) is 2. The molecule has 0 aliphatic carbocycles. The molecule has 0 radical (unpaired) electrons. The lowest BCUT2D eigenvalue weighted by molar-refractivity contribution is -0.137. The van der Waals surface area contributed by atoms with Gasteiger partial charge in [-0.25, -0.2) is 5.43 Å². The van der Waals surface area contributed by atoms with Gasteiger partial charge in [-0.2, -0.15) is 18.3 Å². The molecule has 2 aromatic carbocycles. The van der Waals surface area contributed by atoms with Crippen LogP contribution >= 0.6 is 11.6 Å². The standard InChI is InChI=1S/C23H20ClF3N4O2/c1-13-4-7-18(8-5-13)31-14(2)10-16(15(31)3)12-28-30-22(33)21(32)29-17-6-9-20(24)19(11-17)23(25,26)27/h4-12H,1-3H3,(H,29,32)(H,30,33)/b28-12-. The second-order valence-electron chi connectivity index (χ2n) is 7.34. The summed E-state index contributed by atoms with van der Waals surface area (Å²) >= 11 is 5.55. The largest absolute Gasteiger partial charge is 0.417 e. The van der Waals surface area contributed by atoms with Crippen LogP contribution in [-0.4, -0.2) is 22.6 Å². The number of alkyl halides is 3. The van der Waals surface area contributed by atoms with E-state index in [1.54, 1.807) is 0 Å². The van der Waals surface area contributed by atoms with E-state index in [1.165, 1.54) is 6.21 Å². The fourth-order valence-corrected chi connectivity index (χ4v) is 3.45. The van der Waals surface area contributed by atoms with Gasteiger partial charge < -0.3 is 9.88 Å². The topological polar surface area (TPSA) is 75.5 Å². The molecule has 0 spiro atoms. The Morgan fingerprint density at radius 3 is 2.30 bits per heavy atom. The average molecular weight is 477 g/mol. The third kappa shape index (κ3) is 5.61. The predicted octanol–water partition coefficient (Wildman–Crippen LogP) is 5.16. The first-order chi connectivity index (χ1) is 15.5. The van der Waals surface area contributed by atoms with Gasteiger partial charge in [0, 0.05) is 28.3 Å². The van der Waals surface area contributed by atoms with Gasteiger partial charge in [0.25, 0.3) is 0 Å². The lowest BCUT2D eigenvalue weighted by atomic mass is 10.2. The fraction of sp³-hybridized carbons (Fsp3) is 0.174. The molecule has 2 amide bonds. The van der Waals surface area contributed by atoms with Crippen LogP contribution in [0.5, 0.6) is 0 Å². The number of nitrogens with one attached hydrogen (secondary N) is 2. The van der Waals surface area contributed by atoms with Gasteiger partial charge in [0.05, 0.1) is 16.8 Å². The first-order valence-electron chi connectivity index (χ1n) is 9.74. The van der Waals surface area contributed by atoms with Gasteiger partial charge in [0.2, 0.25) is 0 Å². The maximum absolute atomic E-state index is 12.9. The summed E-state index contributed by atoms with van der Waals surface area (Å²) in [4.78, 5) is 24.0. The highest BCUT2D eigenvalue weighted by Crippen LogP contribution is 2.36. The van der Waals surface area contributed by atoms with Gasteiger partial charge in [-0.3, -0.25) is 9.59 Å². The summed E-state index contributed by atoms with van der Waals surface area (Å²) in [5.74, 6) is -2.31.